The number of aryl methyl sites for hydroxylation is 1. The molecule has 1 aromatic heterocycles. The van der Waals surface area contributed by atoms with Gasteiger partial charge in [0.25, 0.3) is 12.3 Å². The van der Waals surface area contributed by atoms with Crippen molar-refractivity contribution in [2.24, 2.45) is 13.0 Å². The maximum absolute atomic E-state index is 13.6. The molecule has 1 saturated carbocycles. The van der Waals surface area contributed by atoms with Crippen LogP contribution in [0.15, 0.2) is 0 Å². The van der Waals surface area contributed by atoms with Crippen LogP contribution in [0, 0.1) is 5.92 Å². The van der Waals surface area contributed by atoms with Gasteiger partial charge >= 0.3 is 0 Å². The fraction of sp³-hybridized carbons (Fsp3) is 0.667. The summed E-state index contributed by atoms with van der Waals surface area (Å²) < 4.78 is 53.2. The Morgan fingerprint density at radius 1 is 1.47 bits per heavy atom. The van der Waals surface area contributed by atoms with Gasteiger partial charge in [-0.15, -0.1) is 0 Å². The summed E-state index contributed by atoms with van der Waals surface area (Å²) in [4.78, 5) is 0. The summed E-state index contributed by atoms with van der Waals surface area (Å²) in [6.45, 7) is 0. The summed E-state index contributed by atoms with van der Waals surface area (Å²) in [7, 11) is 1.30. The van der Waals surface area contributed by atoms with Crippen LogP contribution in [0.3, 0.4) is 0 Å². The molecule has 3 rings (SSSR count). The van der Waals surface area contributed by atoms with Crippen LogP contribution < -0.4 is 0 Å². The number of fused-ring (bicyclic) bond motifs is 3. The molecule has 2 nitrogen and oxygen atoms in total. The van der Waals surface area contributed by atoms with Crippen LogP contribution in [0.1, 0.15) is 35.7 Å². The van der Waals surface area contributed by atoms with Crippen LogP contribution in [-0.2, 0) is 13.0 Å². The van der Waals surface area contributed by atoms with Crippen molar-refractivity contribution in [1.29, 1.82) is 0 Å². The summed E-state index contributed by atoms with van der Waals surface area (Å²) >= 11 is 0. The van der Waals surface area contributed by atoms with Gasteiger partial charge in [0.2, 0.25) is 0 Å². The molecule has 0 amide bonds. The molecule has 0 spiro atoms. The summed E-state index contributed by atoms with van der Waals surface area (Å²) in [6.07, 6.45) is -2.46. The average molecular weight is 220 g/mol. The predicted octanol–water partition coefficient (Wildman–Crippen LogP) is 2.57. The minimum absolute atomic E-state index is 0.0995. The Bertz CT molecular complexity index is 438. The number of alkyl halides is 4. The average Bonchev–Trinajstić information content (AvgIpc) is 2.78. The van der Waals surface area contributed by atoms with Crippen molar-refractivity contribution in [3.8, 4) is 0 Å². The highest BCUT2D eigenvalue weighted by Crippen LogP contribution is 2.67. The molecule has 2 unspecified atom stereocenters. The first-order valence-corrected chi connectivity index (χ1v) is 4.67. The van der Waals surface area contributed by atoms with Gasteiger partial charge in [0.1, 0.15) is 11.4 Å². The first-order valence-electron chi connectivity index (χ1n) is 4.67. The molecular weight excluding hydrogens is 212 g/mol. The van der Waals surface area contributed by atoms with E-state index in [0.717, 1.165) is 4.68 Å². The summed E-state index contributed by atoms with van der Waals surface area (Å²) in [5.74, 6) is -4.14. The maximum Gasteiger partial charge on any atom is 0.293 e. The van der Waals surface area contributed by atoms with E-state index in [1.54, 1.807) is 0 Å². The van der Waals surface area contributed by atoms with Gasteiger partial charge < -0.3 is 0 Å². The van der Waals surface area contributed by atoms with Crippen molar-refractivity contribution in [1.82, 2.24) is 9.78 Å². The third kappa shape index (κ3) is 0.922. The van der Waals surface area contributed by atoms with E-state index in [0.29, 0.717) is 6.42 Å². The van der Waals surface area contributed by atoms with E-state index in [1.807, 2.05) is 0 Å². The van der Waals surface area contributed by atoms with E-state index in [-0.39, 0.29) is 11.3 Å². The maximum atomic E-state index is 13.6. The second kappa shape index (κ2) is 2.36. The Labute approximate surface area is 82.9 Å². The topological polar surface area (TPSA) is 17.8 Å². The molecule has 0 N–H and O–H groups in total. The molecule has 2 aliphatic rings. The van der Waals surface area contributed by atoms with E-state index < -0.39 is 29.9 Å². The normalized spacial score (nSPS) is 30.5. The fourth-order valence-electron chi connectivity index (χ4n) is 2.57. The van der Waals surface area contributed by atoms with E-state index in [4.69, 9.17) is 0 Å². The standard InChI is InChI=1S/C9H8F4N2/c1-15-7-5(6(14-15)8(10)11)3-2-4(3)9(7,12)13/h3-4,8H,2H2,1H3. The highest BCUT2D eigenvalue weighted by Gasteiger charge is 2.66. The number of aromatic nitrogens is 2. The molecule has 0 radical (unpaired) electrons. The van der Waals surface area contributed by atoms with E-state index in [1.165, 1.54) is 7.05 Å². The second-order valence-corrected chi connectivity index (χ2v) is 4.14. The van der Waals surface area contributed by atoms with Gasteiger partial charge in [0, 0.05) is 18.5 Å². The van der Waals surface area contributed by atoms with Crippen molar-refractivity contribution >= 4 is 0 Å². The molecule has 15 heavy (non-hydrogen) atoms. The first-order chi connectivity index (χ1) is 6.94. The minimum atomic E-state index is -2.98. The van der Waals surface area contributed by atoms with Gasteiger partial charge in [0.15, 0.2) is 0 Å². The molecule has 2 aliphatic carbocycles. The van der Waals surface area contributed by atoms with Gasteiger partial charge in [0.05, 0.1) is 0 Å². The lowest BCUT2D eigenvalue weighted by atomic mass is 10.1. The largest absolute Gasteiger partial charge is 0.293 e. The molecular formula is C9H8F4N2. The van der Waals surface area contributed by atoms with Gasteiger partial charge in [-0.2, -0.15) is 13.9 Å². The highest BCUT2D eigenvalue weighted by atomic mass is 19.3. The number of halogens is 4. The predicted molar refractivity (Wildman–Crippen MR) is 42.9 cm³/mol. The van der Waals surface area contributed by atoms with Crippen LogP contribution in [0.25, 0.3) is 0 Å². The van der Waals surface area contributed by atoms with E-state index in [2.05, 4.69) is 5.10 Å². The van der Waals surface area contributed by atoms with Gasteiger partial charge in [-0.1, -0.05) is 0 Å². The molecule has 82 valence electrons. The van der Waals surface area contributed by atoms with Crippen LogP contribution in [0.4, 0.5) is 17.6 Å². The third-order valence-corrected chi connectivity index (χ3v) is 3.26. The lowest BCUT2D eigenvalue weighted by Gasteiger charge is -2.12. The van der Waals surface area contributed by atoms with Gasteiger partial charge in [-0.05, 0) is 12.3 Å². The molecule has 0 aliphatic heterocycles. The third-order valence-electron chi connectivity index (χ3n) is 3.26. The zero-order chi connectivity index (χ0) is 11.0. The molecule has 2 atom stereocenters. The zero-order valence-electron chi connectivity index (χ0n) is 7.85. The van der Waals surface area contributed by atoms with Gasteiger partial charge in [-0.3, -0.25) is 4.68 Å². The van der Waals surface area contributed by atoms with Gasteiger partial charge in [-0.25, -0.2) is 8.78 Å². The van der Waals surface area contributed by atoms with Crippen molar-refractivity contribution in [3.05, 3.63) is 17.0 Å². The van der Waals surface area contributed by atoms with Crippen molar-refractivity contribution in [3.63, 3.8) is 0 Å². The van der Waals surface area contributed by atoms with E-state index in [9.17, 15) is 17.6 Å². The quantitative estimate of drug-likeness (QED) is 0.665. The summed E-state index contributed by atoms with van der Waals surface area (Å²) in [5.41, 5.74) is -0.668. The Kier molecular flexibility index (Phi) is 1.44. The molecule has 1 fully saturated rings. The summed E-state index contributed by atoms with van der Waals surface area (Å²) in [5, 5.41) is 3.49. The Morgan fingerprint density at radius 3 is 2.73 bits per heavy atom. The van der Waals surface area contributed by atoms with Crippen LogP contribution >= 0.6 is 0 Å². The zero-order valence-corrected chi connectivity index (χ0v) is 7.85. The van der Waals surface area contributed by atoms with Crippen molar-refractivity contribution in [2.75, 3.05) is 0 Å². The van der Waals surface area contributed by atoms with Crippen LogP contribution in [-0.4, -0.2) is 9.78 Å². The second-order valence-electron chi connectivity index (χ2n) is 4.14. The molecule has 0 aromatic carbocycles. The first kappa shape index (κ1) is 9.18. The Morgan fingerprint density at radius 2 is 2.13 bits per heavy atom. The van der Waals surface area contributed by atoms with Crippen molar-refractivity contribution < 1.29 is 17.6 Å². The number of hydrogen-bond donors (Lipinski definition) is 0. The number of hydrogen-bond acceptors (Lipinski definition) is 1. The Balaban J connectivity index is 2.23. The molecule has 1 heterocycles. The van der Waals surface area contributed by atoms with Crippen LogP contribution in [0.5, 0.6) is 0 Å². The Hall–Kier alpha value is -1.07. The molecule has 6 heteroatoms. The minimum Gasteiger partial charge on any atom is -0.266 e. The molecule has 0 saturated heterocycles. The number of nitrogens with zero attached hydrogens (tertiary/aromatic N) is 2. The SMILES string of the molecule is Cn1nc(C(F)F)c2c1C(F)(F)C1CC21. The smallest absolute Gasteiger partial charge is 0.266 e. The summed E-state index contributed by atoms with van der Waals surface area (Å²) in [6, 6.07) is 0. The van der Waals surface area contributed by atoms with E-state index >= 15 is 0 Å². The van der Waals surface area contributed by atoms with Crippen molar-refractivity contribution in [2.45, 2.75) is 24.7 Å². The fourth-order valence-corrected chi connectivity index (χ4v) is 2.57. The van der Waals surface area contributed by atoms with Crippen LogP contribution in [0.2, 0.25) is 0 Å². The lowest BCUT2D eigenvalue weighted by molar-refractivity contribution is -0.0302. The highest BCUT2D eigenvalue weighted by molar-refractivity contribution is 5.46. The molecule has 0 bridgehead atoms. The lowest BCUT2D eigenvalue weighted by Crippen LogP contribution is -2.18. The monoisotopic (exact) mass is 220 g/mol. The number of rotatable bonds is 1. The molecule has 1 aromatic rings.